The highest BCUT2D eigenvalue weighted by molar-refractivity contribution is 14.1. The minimum Gasteiger partial charge on any atom is -0.575 e. The summed E-state index contributed by atoms with van der Waals surface area (Å²) in [5, 5.41) is 24.2. The third-order valence-corrected chi connectivity index (χ3v) is 10.3. The number of hydrogen-bond donors (Lipinski definition) is 3. The largest absolute Gasteiger partial charge is 0.575 e. The van der Waals surface area contributed by atoms with Gasteiger partial charge in [0, 0.05) is 28.0 Å². The highest BCUT2D eigenvalue weighted by atomic mass is 127. The van der Waals surface area contributed by atoms with Crippen LogP contribution in [0.2, 0.25) is 0 Å². The summed E-state index contributed by atoms with van der Waals surface area (Å²) in [6.45, 7) is 4.82. The molecule has 0 spiro atoms. The topological polar surface area (TPSA) is 209 Å². The first-order valence-corrected chi connectivity index (χ1v) is 18.1. The molecule has 2 fully saturated rings. The van der Waals surface area contributed by atoms with Crippen LogP contribution >= 0.6 is 30.8 Å². The molecular weight excluding hydrogens is 770 g/mol. The van der Waals surface area contributed by atoms with Crippen LogP contribution in [0.25, 0.3) is 21.9 Å². The Kier molecular flexibility index (Phi) is 10.4. The maximum atomic E-state index is 13.4. The molecule has 4 aromatic rings. The van der Waals surface area contributed by atoms with E-state index in [4.69, 9.17) is 29.2 Å². The highest BCUT2D eigenvalue weighted by Crippen LogP contribution is 2.44. The number of benzene rings is 2. The van der Waals surface area contributed by atoms with Gasteiger partial charge in [-0.15, -0.1) is 0 Å². The fourth-order valence-corrected chi connectivity index (χ4v) is 7.82. The molecule has 6 rings (SSSR count). The molecule has 2 aliphatic rings. The summed E-state index contributed by atoms with van der Waals surface area (Å²) in [7, 11) is -1.32. The van der Waals surface area contributed by atoms with Gasteiger partial charge in [0.25, 0.3) is 0 Å². The van der Waals surface area contributed by atoms with Crippen molar-refractivity contribution >= 4 is 64.6 Å². The van der Waals surface area contributed by atoms with Gasteiger partial charge in [0.05, 0.1) is 7.11 Å². The fraction of sp³-hybridized carbons (Fsp3) is 0.500. The number of ether oxygens (including phenoxy) is 4. The molecule has 0 radical (unpaired) electrons. The van der Waals surface area contributed by atoms with Crippen molar-refractivity contribution in [1.82, 2.24) is 19.5 Å². The molecule has 262 valence electrons. The number of halogens is 1. The molecule has 6 atom stereocenters. The van der Waals surface area contributed by atoms with Crippen molar-refractivity contribution in [3.05, 3.63) is 40.2 Å². The minimum absolute atomic E-state index is 0.0701. The van der Waals surface area contributed by atoms with E-state index >= 15 is 0 Å². The van der Waals surface area contributed by atoms with E-state index < -0.39 is 44.2 Å². The monoisotopic (exact) mass is 808 g/mol. The maximum absolute atomic E-state index is 13.4. The minimum atomic E-state index is -2.74. The number of aliphatic hydroxyl groups is 2. The number of nitrogens with two attached hydrogens (primary N) is 1. The van der Waals surface area contributed by atoms with Gasteiger partial charge in [-0.25, -0.2) is 9.78 Å². The Labute approximate surface area is 296 Å². The quantitative estimate of drug-likeness (QED) is 0.0849. The lowest BCUT2D eigenvalue weighted by Crippen LogP contribution is -2.45. The highest BCUT2D eigenvalue weighted by Gasteiger charge is 2.54. The number of aliphatic hydroxyl groups excluding tert-OH is 1. The van der Waals surface area contributed by atoms with E-state index in [0.29, 0.717) is 14.7 Å². The predicted molar refractivity (Wildman–Crippen MR) is 186 cm³/mol. The lowest BCUT2D eigenvalue weighted by Gasteiger charge is -2.27. The lowest BCUT2D eigenvalue weighted by atomic mass is 9.96. The number of imidazole rings is 1. The van der Waals surface area contributed by atoms with Gasteiger partial charge in [0.2, 0.25) is 17.6 Å². The standard InChI is InChI=1S/C32H38IN6O9P/c1-16(2)22(28(41)46-18-10-6-7-11-18)38-49(43)48-24-19-12-8-5-9-17(19)13-14-20(24)45-15-21-25(40)32(3,42)29(47-21)39-26-23(35-30(39)33)27(44-4)37-31(34)36-26/h5,8-9,12-14,16,18,21-22,25,29,40,42H,6-7,10-11,15H2,1-4H3,(H2,34,36,37)/t21-,22+,25-,29-,32-/m1/s1. The zero-order chi connectivity index (χ0) is 35.0. The summed E-state index contributed by atoms with van der Waals surface area (Å²) in [5.41, 5.74) is 4.64. The SMILES string of the molecule is COc1nc(N)nc2c1nc(I)n2[C@@H]1O[C@H](COc2ccc3ccccc3c2O/[P+]([O-])=N/[C@H](C(=O)OC2CCCC2)C(C)C)[C@@H](O)[C@@]1(C)O. The van der Waals surface area contributed by atoms with Crippen molar-refractivity contribution in [3.8, 4) is 17.4 Å². The predicted octanol–water partition coefficient (Wildman–Crippen LogP) is 4.01. The molecule has 3 heterocycles. The van der Waals surface area contributed by atoms with Crippen molar-refractivity contribution in [2.24, 2.45) is 10.7 Å². The second kappa shape index (κ2) is 14.4. The Morgan fingerprint density at radius 2 is 1.96 bits per heavy atom. The summed E-state index contributed by atoms with van der Waals surface area (Å²) in [5.74, 6) is -0.388. The third kappa shape index (κ3) is 7.12. The van der Waals surface area contributed by atoms with Gasteiger partial charge >= 0.3 is 14.1 Å². The fourth-order valence-electron chi connectivity index (χ4n) is 6.14. The second-order valence-electron chi connectivity index (χ2n) is 12.6. The number of hydrogen-bond acceptors (Lipinski definition) is 14. The average molecular weight is 809 g/mol. The molecule has 0 bridgehead atoms. The van der Waals surface area contributed by atoms with Gasteiger partial charge in [0.1, 0.15) is 30.5 Å². The van der Waals surface area contributed by atoms with Crippen LogP contribution in [-0.4, -0.2) is 79.4 Å². The molecule has 17 heteroatoms. The van der Waals surface area contributed by atoms with Crippen molar-refractivity contribution in [2.45, 2.75) is 82.6 Å². The third-order valence-electron chi connectivity index (χ3n) is 8.76. The van der Waals surface area contributed by atoms with E-state index in [1.165, 1.54) is 18.6 Å². The number of esters is 1. The molecule has 0 amide bonds. The van der Waals surface area contributed by atoms with Crippen LogP contribution in [0.1, 0.15) is 52.7 Å². The molecule has 1 unspecified atom stereocenters. The molecular formula is C32H38IN6O9P. The van der Waals surface area contributed by atoms with Crippen molar-refractivity contribution in [3.63, 3.8) is 0 Å². The molecule has 2 aromatic heterocycles. The number of anilines is 1. The number of aromatic nitrogens is 4. The van der Waals surface area contributed by atoms with Crippen LogP contribution in [0.3, 0.4) is 0 Å². The zero-order valence-electron chi connectivity index (χ0n) is 27.4. The van der Waals surface area contributed by atoms with Gasteiger partial charge in [-0.05, 0) is 50.0 Å². The summed E-state index contributed by atoms with van der Waals surface area (Å²) in [6, 6.07) is 9.76. The summed E-state index contributed by atoms with van der Waals surface area (Å²) < 4.78 is 35.4. The van der Waals surface area contributed by atoms with Gasteiger partial charge in [-0.3, -0.25) is 9.09 Å². The molecule has 2 aromatic carbocycles. The number of fused-ring (bicyclic) bond motifs is 2. The van der Waals surface area contributed by atoms with Crippen LogP contribution in [0.4, 0.5) is 5.95 Å². The average Bonchev–Trinajstić information content (AvgIpc) is 3.75. The first-order valence-electron chi connectivity index (χ1n) is 15.9. The van der Waals surface area contributed by atoms with Gasteiger partial charge in [-0.1, -0.05) is 48.9 Å². The van der Waals surface area contributed by atoms with Crippen molar-refractivity contribution in [2.75, 3.05) is 19.5 Å². The molecule has 1 aliphatic heterocycles. The van der Waals surface area contributed by atoms with Crippen LogP contribution in [0.5, 0.6) is 17.4 Å². The summed E-state index contributed by atoms with van der Waals surface area (Å²) in [4.78, 5) is 39.2. The van der Waals surface area contributed by atoms with E-state index in [2.05, 4.69) is 19.7 Å². The second-order valence-corrected chi connectivity index (χ2v) is 14.5. The molecule has 4 N–H and O–H groups in total. The lowest BCUT2D eigenvalue weighted by molar-refractivity contribution is -0.170. The van der Waals surface area contributed by atoms with E-state index in [1.807, 2.05) is 34.7 Å². The molecule has 1 saturated heterocycles. The van der Waals surface area contributed by atoms with Gasteiger partial charge < -0.3 is 39.8 Å². The summed E-state index contributed by atoms with van der Waals surface area (Å²) >= 11 is 1.96. The van der Waals surface area contributed by atoms with E-state index in [1.54, 1.807) is 38.1 Å². The van der Waals surface area contributed by atoms with E-state index in [0.717, 1.165) is 31.1 Å². The number of nitrogen functional groups attached to an aromatic ring is 1. The maximum Gasteiger partial charge on any atom is 0.395 e. The van der Waals surface area contributed by atoms with E-state index in [9.17, 15) is 19.9 Å². The number of carbonyl (C=O) groups excluding carboxylic acids is 1. The van der Waals surface area contributed by atoms with Gasteiger partial charge in [0.15, 0.2) is 33.0 Å². The van der Waals surface area contributed by atoms with Crippen LogP contribution < -0.4 is 24.6 Å². The number of carbonyl (C=O) groups is 1. The summed E-state index contributed by atoms with van der Waals surface area (Å²) in [6.07, 6.45) is -0.137. The van der Waals surface area contributed by atoms with Gasteiger partial charge in [-0.2, -0.15) is 9.97 Å². The Morgan fingerprint density at radius 1 is 1.22 bits per heavy atom. The Bertz CT molecular complexity index is 1880. The number of rotatable bonds is 11. The Morgan fingerprint density at radius 3 is 2.67 bits per heavy atom. The molecule has 15 nitrogen and oxygen atoms in total. The van der Waals surface area contributed by atoms with Crippen molar-refractivity contribution in [1.29, 1.82) is 0 Å². The van der Waals surface area contributed by atoms with Crippen LogP contribution in [-0.2, 0) is 14.3 Å². The Hall–Kier alpha value is -3.41. The first-order chi connectivity index (χ1) is 23.4. The van der Waals surface area contributed by atoms with E-state index in [-0.39, 0.29) is 47.6 Å². The molecule has 1 aliphatic carbocycles. The van der Waals surface area contributed by atoms with Crippen LogP contribution in [0.15, 0.2) is 41.1 Å². The smallest absolute Gasteiger partial charge is 0.395 e. The normalized spacial score (nSPS) is 23.8. The Balaban J connectivity index is 1.25. The number of methoxy groups -OCH3 is 1. The first kappa shape index (κ1) is 35.4. The zero-order valence-corrected chi connectivity index (χ0v) is 30.4. The van der Waals surface area contributed by atoms with Crippen molar-refractivity contribution < 1.29 is 43.4 Å². The van der Waals surface area contributed by atoms with Crippen LogP contribution in [0, 0.1) is 9.75 Å². The molecule has 49 heavy (non-hydrogen) atoms. The molecule has 1 saturated carbocycles. The number of nitrogens with zero attached hydrogens (tertiary/aromatic N) is 5.